The zero-order valence-electron chi connectivity index (χ0n) is 20.1. The molecule has 2 aromatic rings. The van der Waals surface area contributed by atoms with Crippen molar-refractivity contribution in [2.24, 2.45) is 0 Å². The molecule has 0 unspecified atom stereocenters. The molecule has 4 rings (SSSR count). The normalized spacial score (nSPS) is 19.1. The van der Waals surface area contributed by atoms with Crippen molar-refractivity contribution in [3.8, 4) is 5.75 Å². The maximum Gasteiger partial charge on any atom is 0.290 e. The Morgan fingerprint density at radius 1 is 1.09 bits per heavy atom. The monoisotopic (exact) mass is 476 g/mol. The Labute approximate surface area is 206 Å². The molecule has 7 nitrogen and oxygen atoms in total. The Balaban J connectivity index is 1.57. The van der Waals surface area contributed by atoms with Gasteiger partial charge in [-0.2, -0.15) is 0 Å². The van der Waals surface area contributed by atoms with Gasteiger partial charge in [-0.1, -0.05) is 48.5 Å². The van der Waals surface area contributed by atoms with Crippen LogP contribution in [0.25, 0.3) is 6.08 Å². The molecule has 2 aliphatic rings. The number of hydrogen-bond donors (Lipinski definition) is 1. The van der Waals surface area contributed by atoms with E-state index in [4.69, 9.17) is 9.47 Å². The summed E-state index contributed by atoms with van der Waals surface area (Å²) in [6.45, 7) is 6.87. The van der Waals surface area contributed by atoms with Gasteiger partial charge in [-0.3, -0.25) is 14.5 Å². The molecule has 0 radical (unpaired) electrons. The molecule has 7 heteroatoms. The molecular formula is C28H32N2O5. The van der Waals surface area contributed by atoms with Crippen LogP contribution in [0.2, 0.25) is 0 Å². The van der Waals surface area contributed by atoms with Crippen molar-refractivity contribution in [1.29, 1.82) is 0 Å². The molecule has 0 saturated carbocycles. The van der Waals surface area contributed by atoms with Crippen LogP contribution >= 0.6 is 0 Å². The lowest BCUT2D eigenvalue weighted by Gasteiger charge is -2.30. The summed E-state index contributed by atoms with van der Waals surface area (Å²) in [7, 11) is 0. The smallest absolute Gasteiger partial charge is 0.290 e. The maximum absolute atomic E-state index is 13.3. The number of carbonyl (C=O) groups excluding carboxylic acids is 2. The van der Waals surface area contributed by atoms with Crippen LogP contribution in [0.4, 0.5) is 0 Å². The number of aliphatic hydroxyl groups is 1. The lowest BCUT2D eigenvalue weighted by molar-refractivity contribution is -0.129. The van der Waals surface area contributed by atoms with Crippen LogP contribution in [0.5, 0.6) is 5.75 Å². The molecular weight excluding hydrogens is 444 g/mol. The molecule has 0 bridgehead atoms. The molecule has 184 valence electrons. The molecule has 2 heterocycles. The van der Waals surface area contributed by atoms with E-state index >= 15 is 0 Å². The fourth-order valence-electron chi connectivity index (χ4n) is 4.51. The number of ether oxygens (including phenoxy) is 2. The number of carbonyl (C=O) groups is 2. The summed E-state index contributed by atoms with van der Waals surface area (Å²) < 4.78 is 11.0. The Kier molecular flexibility index (Phi) is 8.34. The van der Waals surface area contributed by atoms with Crippen molar-refractivity contribution < 1.29 is 24.2 Å². The van der Waals surface area contributed by atoms with E-state index in [2.05, 4.69) is 4.90 Å². The first-order valence-electron chi connectivity index (χ1n) is 12.1. The van der Waals surface area contributed by atoms with Crippen molar-refractivity contribution in [3.05, 3.63) is 83.1 Å². The van der Waals surface area contributed by atoms with E-state index in [0.29, 0.717) is 32.1 Å². The molecule has 2 aliphatic heterocycles. The van der Waals surface area contributed by atoms with Gasteiger partial charge >= 0.3 is 0 Å². The number of amides is 1. The van der Waals surface area contributed by atoms with Crippen LogP contribution in [0.1, 0.15) is 30.5 Å². The molecule has 1 N–H and O–H groups in total. The second kappa shape index (κ2) is 11.8. The van der Waals surface area contributed by atoms with Crippen LogP contribution in [-0.4, -0.2) is 72.6 Å². The molecule has 0 spiro atoms. The molecule has 0 aliphatic carbocycles. The second-order valence-corrected chi connectivity index (χ2v) is 8.58. The van der Waals surface area contributed by atoms with Crippen molar-refractivity contribution >= 4 is 17.8 Å². The van der Waals surface area contributed by atoms with Gasteiger partial charge in [0, 0.05) is 26.2 Å². The summed E-state index contributed by atoms with van der Waals surface area (Å²) in [5.41, 5.74) is 1.73. The molecule has 2 aromatic carbocycles. The van der Waals surface area contributed by atoms with Crippen molar-refractivity contribution in [2.45, 2.75) is 19.4 Å². The van der Waals surface area contributed by atoms with Gasteiger partial charge in [0.1, 0.15) is 5.75 Å². The van der Waals surface area contributed by atoms with Gasteiger partial charge in [0.05, 0.1) is 31.4 Å². The zero-order valence-corrected chi connectivity index (χ0v) is 20.1. The molecule has 1 fully saturated rings. The van der Waals surface area contributed by atoms with Gasteiger partial charge in [0.25, 0.3) is 5.91 Å². The summed E-state index contributed by atoms with van der Waals surface area (Å²) in [4.78, 5) is 30.3. The minimum Gasteiger partial charge on any atom is -0.503 e. The Morgan fingerprint density at radius 3 is 2.49 bits per heavy atom. The lowest BCUT2D eigenvalue weighted by atomic mass is 9.95. The fourth-order valence-corrected chi connectivity index (χ4v) is 4.51. The summed E-state index contributed by atoms with van der Waals surface area (Å²) in [6.07, 6.45) is 3.85. The topological polar surface area (TPSA) is 79.3 Å². The minimum absolute atomic E-state index is 0.109. The van der Waals surface area contributed by atoms with E-state index < -0.39 is 17.7 Å². The standard InChI is InChI=1S/C28H32N2O5/c1-2-35-23-12-10-22(11-13-23)26-25(24(31)14-9-21-7-4-3-5-8-21)27(32)28(33)30(26)16-6-15-29-17-19-34-20-18-29/h3-5,7-14,26,32H,2,6,15-20H2,1H3/b14-9+/t26-/m1/s1. The first kappa shape index (κ1) is 24.7. The van der Waals surface area contributed by atoms with E-state index in [9.17, 15) is 14.7 Å². The molecule has 0 aromatic heterocycles. The number of ketones is 1. The van der Waals surface area contributed by atoms with Crippen molar-refractivity contribution in [3.63, 3.8) is 0 Å². The maximum atomic E-state index is 13.3. The number of morpholine rings is 1. The van der Waals surface area contributed by atoms with Gasteiger partial charge in [0.15, 0.2) is 11.5 Å². The van der Waals surface area contributed by atoms with Gasteiger partial charge in [-0.15, -0.1) is 0 Å². The molecule has 1 saturated heterocycles. The second-order valence-electron chi connectivity index (χ2n) is 8.58. The van der Waals surface area contributed by atoms with Crippen LogP contribution < -0.4 is 4.74 Å². The number of allylic oxidation sites excluding steroid dienone is 1. The highest BCUT2D eigenvalue weighted by molar-refractivity contribution is 6.14. The third-order valence-electron chi connectivity index (χ3n) is 6.28. The van der Waals surface area contributed by atoms with Gasteiger partial charge < -0.3 is 19.5 Å². The Hall–Kier alpha value is -3.42. The number of hydrogen-bond acceptors (Lipinski definition) is 6. The van der Waals surface area contributed by atoms with E-state index in [-0.39, 0.29) is 11.4 Å². The highest BCUT2D eigenvalue weighted by Crippen LogP contribution is 2.38. The predicted molar refractivity (Wildman–Crippen MR) is 134 cm³/mol. The van der Waals surface area contributed by atoms with Gasteiger partial charge in [0.2, 0.25) is 0 Å². The highest BCUT2D eigenvalue weighted by atomic mass is 16.5. The SMILES string of the molecule is CCOc1ccc([C@@H]2C(C(=O)/C=C/c3ccccc3)=C(O)C(=O)N2CCCN2CCOCC2)cc1. The van der Waals surface area contributed by atoms with Crippen LogP contribution in [-0.2, 0) is 14.3 Å². The predicted octanol–water partition coefficient (Wildman–Crippen LogP) is 3.79. The van der Waals surface area contributed by atoms with E-state index in [1.54, 1.807) is 11.0 Å². The number of nitrogens with zero attached hydrogens (tertiary/aromatic N) is 2. The van der Waals surface area contributed by atoms with E-state index in [0.717, 1.165) is 37.2 Å². The molecule has 35 heavy (non-hydrogen) atoms. The van der Waals surface area contributed by atoms with Gasteiger partial charge in [-0.05, 0) is 42.7 Å². The van der Waals surface area contributed by atoms with E-state index in [1.165, 1.54) is 6.08 Å². The number of aliphatic hydroxyl groups excluding tert-OH is 1. The minimum atomic E-state index is -0.657. The summed E-state index contributed by atoms with van der Waals surface area (Å²) in [5.74, 6) is -0.654. The lowest BCUT2D eigenvalue weighted by Crippen LogP contribution is -2.39. The third-order valence-corrected chi connectivity index (χ3v) is 6.28. The van der Waals surface area contributed by atoms with Crippen molar-refractivity contribution in [2.75, 3.05) is 46.0 Å². The molecule has 1 amide bonds. The quantitative estimate of drug-likeness (QED) is 0.526. The van der Waals surface area contributed by atoms with Crippen LogP contribution in [0.3, 0.4) is 0 Å². The average molecular weight is 477 g/mol. The van der Waals surface area contributed by atoms with Crippen LogP contribution in [0, 0.1) is 0 Å². The third kappa shape index (κ3) is 5.99. The first-order chi connectivity index (χ1) is 17.1. The average Bonchev–Trinajstić information content (AvgIpc) is 3.14. The highest BCUT2D eigenvalue weighted by Gasteiger charge is 2.42. The van der Waals surface area contributed by atoms with Crippen molar-refractivity contribution in [1.82, 2.24) is 9.80 Å². The largest absolute Gasteiger partial charge is 0.503 e. The van der Waals surface area contributed by atoms with E-state index in [1.807, 2.05) is 61.5 Å². The summed E-state index contributed by atoms with van der Waals surface area (Å²) >= 11 is 0. The van der Waals surface area contributed by atoms with Crippen LogP contribution in [0.15, 0.2) is 72.0 Å². The first-order valence-corrected chi connectivity index (χ1v) is 12.1. The Morgan fingerprint density at radius 2 is 1.80 bits per heavy atom. The number of benzene rings is 2. The number of rotatable bonds is 10. The summed E-state index contributed by atoms with van der Waals surface area (Å²) in [5, 5.41) is 10.8. The summed E-state index contributed by atoms with van der Waals surface area (Å²) in [6, 6.07) is 16.2. The van der Waals surface area contributed by atoms with Gasteiger partial charge in [-0.25, -0.2) is 0 Å². The fraction of sp³-hybridized carbons (Fsp3) is 0.357. The Bertz CT molecular complexity index is 1070. The zero-order chi connectivity index (χ0) is 24.6. The molecule has 1 atom stereocenters.